The summed E-state index contributed by atoms with van der Waals surface area (Å²) < 4.78 is 25.7. The summed E-state index contributed by atoms with van der Waals surface area (Å²) in [6, 6.07) is 23.2. The van der Waals surface area contributed by atoms with Crippen molar-refractivity contribution >= 4 is 0 Å². The average molecular weight is 389 g/mol. The zero-order chi connectivity index (χ0) is 20.1. The number of nitrogens with one attached hydrogen (secondary N) is 1. The fourth-order valence-corrected chi connectivity index (χ4v) is 3.09. The average Bonchev–Trinajstić information content (AvgIpc) is 3.26. The molecule has 4 rings (SSSR count). The van der Waals surface area contributed by atoms with Crippen LogP contribution >= 0.6 is 0 Å². The Hall–Kier alpha value is -3.51. The maximum atomic E-state index is 14.5. The van der Waals surface area contributed by atoms with Crippen molar-refractivity contribution in [2.45, 2.75) is 12.6 Å². The summed E-state index contributed by atoms with van der Waals surface area (Å²) in [5, 5.41) is 11.7. The molecule has 0 saturated carbocycles. The summed E-state index contributed by atoms with van der Waals surface area (Å²) in [5.41, 5.74) is 2.25. The lowest BCUT2D eigenvalue weighted by Crippen LogP contribution is -2.23. The smallest absolute Gasteiger partial charge is 0.247 e. The van der Waals surface area contributed by atoms with E-state index in [9.17, 15) is 4.39 Å². The Bertz CT molecular complexity index is 1080. The fraction of sp³-hybridized carbons (Fsp3) is 0.130. The maximum Gasteiger partial charge on any atom is 0.247 e. The molecule has 1 N–H and O–H groups in total. The predicted molar refractivity (Wildman–Crippen MR) is 108 cm³/mol. The molecule has 1 heterocycles. The van der Waals surface area contributed by atoms with Crippen LogP contribution in [0.25, 0.3) is 11.5 Å². The van der Waals surface area contributed by atoms with E-state index in [1.165, 1.54) is 6.07 Å². The quantitative estimate of drug-likeness (QED) is 0.494. The summed E-state index contributed by atoms with van der Waals surface area (Å²) in [6.07, 6.45) is 0. The van der Waals surface area contributed by atoms with Gasteiger partial charge in [0, 0.05) is 17.7 Å². The molecule has 6 heteroatoms. The van der Waals surface area contributed by atoms with Crippen molar-refractivity contribution in [3.63, 3.8) is 0 Å². The molecule has 0 radical (unpaired) electrons. The molecule has 0 spiro atoms. The van der Waals surface area contributed by atoms with Crippen LogP contribution in [-0.4, -0.2) is 17.3 Å². The molecule has 0 amide bonds. The van der Waals surface area contributed by atoms with Crippen LogP contribution in [0, 0.1) is 5.82 Å². The Kier molecular flexibility index (Phi) is 5.63. The third-order valence-corrected chi connectivity index (χ3v) is 4.57. The van der Waals surface area contributed by atoms with Gasteiger partial charge in [0.15, 0.2) is 0 Å². The zero-order valence-corrected chi connectivity index (χ0v) is 15.9. The highest BCUT2D eigenvalue weighted by atomic mass is 19.1. The third kappa shape index (κ3) is 4.33. The first-order valence-electron chi connectivity index (χ1n) is 9.24. The number of aromatic nitrogens is 2. The number of benzene rings is 3. The fourth-order valence-electron chi connectivity index (χ4n) is 3.09. The van der Waals surface area contributed by atoms with E-state index < -0.39 is 6.04 Å². The number of rotatable bonds is 7. The SMILES string of the molecule is COc1cccc(CNC(c2nnc(-c3ccccc3)o2)c2ccccc2F)c1. The lowest BCUT2D eigenvalue weighted by Gasteiger charge is -2.16. The van der Waals surface area contributed by atoms with Crippen LogP contribution < -0.4 is 10.1 Å². The number of methoxy groups -OCH3 is 1. The molecule has 0 bridgehead atoms. The molecule has 1 unspecified atom stereocenters. The minimum atomic E-state index is -0.590. The van der Waals surface area contributed by atoms with E-state index in [2.05, 4.69) is 15.5 Å². The second-order valence-corrected chi connectivity index (χ2v) is 6.50. The van der Waals surface area contributed by atoms with Gasteiger partial charge in [-0.3, -0.25) is 5.32 Å². The lowest BCUT2D eigenvalue weighted by molar-refractivity contribution is 0.412. The molecular weight excluding hydrogens is 369 g/mol. The van der Waals surface area contributed by atoms with Gasteiger partial charge in [0.2, 0.25) is 11.8 Å². The minimum Gasteiger partial charge on any atom is -0.497 e. The number of nitrogens with zero attached hydrogens (tertiary/aromatic N) is 2. The van der Waals surface area contributed by atoms with Gasteiger partial charge in [-0.05, 0) is 35.9 Å². The standard InChI is InChI=1S/C23H20FN3O2/c1-28-18-11-7-8-16(14-18)15-25-21(19-12-5-6-13-20(19)24)23-27-26-22(29-23)17-9-3-2-4-10-17/h2-14,21,25H,15H2,1H3. The van der Waals surface area contributed by atoms with Crippen LogP contribution in [0.5, 0.6) is 5.75 Å². The van der Waals surface area contributed by atoms with E-state index in [0.717, 1.165) is 16.9 Å². The zero-order valence-electron chi connectivity index (χ0n) is 15.9. The number of halogens is 1. The summed E-state index contributed by atoms with van der Waals surface area (Å²) in [7, 11) is 1.62. The second-order valence-electron chi connectivity index (χ2n) is 6.50. The van der Waals surface area contributed by atoms with E-state index >= 15 is 0 Å². The highest BCUT2D eigenvalue weighted by molar-refractivity contribution is 5.51. The van der Waals surface area contributed by atoms with Crippen LogP contribution in [0.4, 0.5) is 4.39 Å². The van der Waals surface area contributed by atoms with Gasteiger partial charge in [-0.25, -0.2) is 4.39 Å². The molecule has 0 aliphatic carbocycles. The Balaban J connectivity index is 1.64. The Morgan fingerprint density at radius 2 is 1.76 bits per heavy atom. The summed E-state index contributed by atoms with van der Waals surface area (Å²) >= 11 is 0. The van der Waals surface area contributed by atoms with Gasteiger partial charge in [-0.2, -0.15) is 0 Å². The Labute approximate surface area is 168 Å². The molecule has 146 valence electrons. The maximum absolute atomic E-state index is 14.5. The van der Waals surface area contributed by atoms with Crippen LogP contribution in [0.15, 0.2) is 83.3 Å². The molecule has 0 aliphatic rings. The van der Waals surface area contributed by atoms with Gasteiger partial charge in [0.1, 0.15) is 17.6 Å². The predicted octanol–water partition coefficient (Wildman–Crippen LogP) is 4.76. The normalized spacial score (nSPS) is 11.9. The highest BCUT2D eigenvalue weighted by Crippen LogP contribution is 2.27. The molecule has 4 aromatic rings. The molecule has 1 atom stereocenters. The van der Waals surface area contributed by atoms with E-state index in [4.69, 9.17) is 9.15 Å². The van der Waals surface area contributed by atoms with Crippen LogP contribution in [-0.2, 0) is 6.54 Å². The van der Waals surface area contributed by atoms with Gasteiger partial charge in [0.05, 0.1) is 7.11 Å². The van der Waals surface area contributed by atoms with Gasteiger partial charge < -0.3 is 9.15 Å². The second kappa shape index (κ2) is 8.67. The van der Waals surface area contributed by atoms with Crippen molar-refractivity contribution in [2.75, 3.05) is 7.11 Å². The van der Waals surface area contributed by atoms with Crippen LogP contribution in [0.2, 0.25) is 0 Å². The van der Waals surface area contributed by atoms with Crippen molar-refractivity contribution < 1.29 is 13.5 Å². The minimum absolute atomic E-state index is 0.303. The monoisotopic (exact) mass is 389 g/mol. The molecule has 0 aliphatic heterocycles. The Morgan fingerprint density at radius 1 is 0.966 bits per heavy atom. The molecule has 1 aromatic heterocycles. The van der Waals surface area contributed by atoms with Crippen molar-refractivity contribution in [2.24, 2.45) is 0 Å². The van der Waals surface area contributed by atoms with Crippen molar-refractivity contribution in [3.05, 3.63) is 102 Å². The number of hydrogen-bond donors (Lipinski definition) is 1. The van der Waals surface area contributed by atoms with Crippen LogP contribution in [0.3, 0.4) is 0 Å². The van der Waals surface area contributed by atoms with Gasteiger partial charge in [-0.1, -0.05) is 48.5 Å². The number of hydrogen-bond acceptors (Lipinski definition) is 5. The van der Waals surface area contributed by atoms with E-state index in [-0.39, 0.29) is 5.82 Å². The number of ether oxygens (including phenoxy) is 1. The summed E-state index contributed by atoms with van der Waals surface area (Å²) in [6.45, 7) is 0.471. The molecular formula is C23H20FN3O2. The third-order valence-electron chi connectivity index (χ3n) is 4.57. The Morgan fingerprint density at radius 3 is 2.55 bits per heavy atom. The first-order valence-corrected chi connectivity index (χ1v) is 9.24. The largest absolute Gasteiger partial charge is 0.497 e. The first-order chi connectivity index (χ1) is 14.2. The van der Waals surface area contributed by atoms with Gasteiger partial charge in [-0.15, -0.1) is 10.2 Å². The molecule has 3 aromatic carbocycles. The first kappa shape index (κ1) is 18.8. The molecule has 5 nitrogen and oxygen atoms in total. The summed E-state index contributed by atoms with van der Waals surface area (Å²) in [5.74, 6) is 1.12. The van der Waals surface area contributed by atoms with Crippen molar-refractivity contribution in [1.82, 2.24) is 15.5 Å². The molecule has 0 saturated heterocycles. The summed E-state index contributed by atoms with van der Waals surface area (Å²) in [4.78, 5) is 0. The topological polar surface area (TPSA) is 60.2 Å². The van der Waals surface area contributed by atoms with E-state index in [0.29, 0.717) is 23.9 Å². The van der Waals surface area contributed by atoms with Crippen LogP contribution in [0.1, 0.15) is 23.1 Å². The lowest BCUT2D eigenvalue weighted by atomic mass is 10.1. The molecule has 29 heavy (non-hydrogen) atoms. The van der Waals surface area contributed by atoms with E-state index in [1.807, 2.05) is 54.6 Å². The van der Waals surface area contributed by atoms with Gasteiger partial charge >= 0.3 is 0 Å². The highest BCUT2D eigenvalue weighted by Gasteiger charge is 2.23. The van der Waals surface area contributed by atoms with Gasteiger partial charge in [0.25, 0.3) is 0 Å². The van der Waals surface area contributed by atoms with Crippen molar-refractivity contribution in [3.8, 4) is 17.2 Å². The van der Waals surface area contributed by atoms with Crippen molar-refractivity contribution in [1.29, 1.82) is 0 Å². The van der Waals surface area contributed by atoms with E-state index in [1.54, 1.807) is 25.3 Å². The molecule has 0 fully saturated rings.